The molecule has 0 spiro atoms. The molecule has 0 aliphatic rings. The van der Waals surface area contributed by atoms with Gasteiger partial charge in [-0.25, -0.2) is 5.43 Å². The van der Waals surface area contributed by atoms with Crippen LogP contribution in [0.15, 0.2) is 73.1 Å². The molecule has 0 fully saturated rings. The van der Waals surface area contributed by atoms with E-state index in [2.05, 4.69) is 65.0 Å². The topological polar surface area (TPSA) is 73.1 Å². The third kappa shape index (κ3) is 6.38. The highest BCUT2D eigenvalue weighted by Crippen LogP contribution is 2.35. The van der Waals surface area contributed by atoms with E-state index in [-0.39, 0.29) is 5.76 Å². The highest BCUT2D eigenvalue weighted by atomic mass is 127. The Hall–Kier alpha value is -2.08. The summed E-state index contributed by atoms with van der Waals surface area (Å²) in [4.78, 5) is 12.5. The number of nitrogens with one attached hydrogen (secondary N) is 1. The van der Waals surface area contributed by atoms with Gasteiger partial charge in [0.05, 0.1) is 20.9 Å². The minimum atomic E-state index is -0.458. The number of nitrogens with zero attached hydrogens (tertiary/aromatic N) is 1. The van der Waals surface area contributed by atoms with Gasteiger partial charge in [0.25, 0.3) is 0 Å². The zero-order valence-corrected chi connectivity index (χ0v) is 24.4. The van der Waals surface area contributed by atoms with Crippen LogP contribution in [0.4, 0.5) is 0 Å². The molecule has 0 saturated heterocycles. The maximum absolute atomic E-state index is 12.5. The molecule has 35 heavy (non-hydrogen) atoms. The van der Waals surface area contributed by atoms with Gasteiger partial charge in [-0.2, -0.15) is 5.10 Å². The number of fused-ring (bicyclic) bond motifs is 1. The number of ether oxygens (including phenoxy) is 2. The molecule has 3 aromatic carbocycles. The zero-order chi connectivity index (χ0) is 24.9. The largest absolute Gasteiger partial charge is 0.490 e. The number of carbonyl (C=O) groups is 1. The third-order valence-electron chi connectivity index (χ3n) is 4.80. The summed E-state index contributed by atoms with van der Waals surface area (Å²) in [7, 11) is 0. The molecule has 0 aliphatic heterocycles. The summed E-state index contributed by atoms with van der Waals surface area (Å²) in [5, 5.41) is 5.52. The van der Waals surface area contributed by atoms with Crippen molar-refractivity contribution in [1.29, 1.82) is 0 Å². The van der Waals surface area contributed by atoms with Crippen molar-refractivity contribution in [1.82, 2.24) is 5.43 Å². The van der Waals surface area contributed by atoms with Gasteiger partial charge in [0.1, 0.15) is 12.2 Å². The van der Waals surface area contributed by atoms with Crippen molar-refractivity contribution in [3.8, 4) is 11.5 Å². The Labute approximate surface area is 237 Å². The van der Waals surface area contributed by atoms with E-state index >= 15 is 0 Å². The minimum absolute atomic E-state index is 0.156. The highest BCUT2D eigenvalue weighted by Gasteiger charge is 2.15. The Morgan fingerprint density at radius 1 is 1.17 bits per heavy atom. The standard InChI is InChI=1S/C25H18Br2ClIN2O4/c1-2-33-21-8-14(7-20(29)24(21)34-13-15-5-3-4-6-19(15)28)12-30-31-25(32)22-10-16-9-17(26)11-18(27)23(16)35-22/h3-12H,2,13H2,1H3,(H,31,32)/b30-12-. The summed E-state index contributed by atoms with van der Waals surface area (Å²) in [6.07, 6.45) is 1.54. The predicted molar refractivity (Wildman–Crippen MR) is 153 cm³/mol. The van der Waals surface area contributed by atoms with E-state index in [9.17, 15) is 4.79 Å². The molecule has 0 aliphatic carbocycles. The van der Waals surface area contributed by atoms with Crippen LogP contribution in [0.5, 0.6) is 11.5 Å². The average Bonchev–Trinajstić information content (AvgIpc) is 3.24. The summed E-state index contributed by atoms with van der Waals surface area (Å²) in [6, 6.07) is 16.6. The Kier molecular flexibility index (Phi) is 8.74. The van der Waals surface area contributed by atoms with E-state index in [0.29, 0.717) is 35.3 Å². The van der Waals surface area contributed by atoms with Gasteiger partial charge in [0, 0.05) is 20.4 Å². The quantitative estimate of drug-likeness (QED) is 0.113. The lowest BCUT2D eigenvalue weighted by Gasteiger charge is -2.15. The molecule has 1 amide bonds. The number of furan rings is 1. The van der Waals surface area contributed by atoms with Crippen molar-refractivity contribution in [2.45, 2.75) is 13.5 Å². The van der Waals surface area contributed by atoms with Gasteiger partial charge in [-0.05, 0) is 87.4 Å². The Bertz CT molecular complexity index is 1420. The molecule has 10 heteroatoms. The van der Waals surface area contributed by atoms with Crippen molar-refractivity contribution >= 4 is 89.1 Å². The fraction of sp³-hybridized carbons (Fsp3) is 0.120. The maximum Gasteiger partial charge on any atom is 0.307 e. The van der Waals surface area contributed by atoms with Crippen molar-refractivity contribution in [2.24, 2.45) is 5.10 Å². The molecule has 0 unspecified atom stereocenters. The summed E-state index contributed by atoms with van der Waals surface area (Å²) in [5.41, 5.74) is 4.71. The van der Waals surface area contributed by atoms with Gasteiger partial charge < -0.3 is 13.9 Å². The van der Waals surface area contributed by atoms with Gasteiger partial charge in [0.15, 0.2) is 17.3 Å². The van der Waals surface area contributed by atoms with Crippen molar-refractivity contribution in [3.05, 3.63) is 89.0 Å². The van der Waals surface area contributed by atoms with Crippen LogP contribution < -0.4 is 14.9 Å². The van der Waals surface area contributed by atoms with E-state index < -0.39 is 5.91 Å². The second kappa shape index (κ2) is 11.8. The molecule has 4 rings (SSSR count). The predicted octanol–water partition coefficient (Wildman–Crippen LogP) is 7.96. The van der Waals surface area contributed by atoms with E-state index in [1.807, 2.05) is 49.4 Å². The Morgan fingerprint density at radius 3 is 2.74 bits per heavy atom. The smallest absolute Gasteiger partial charge is 0.307 e. The van der Waals surface area contributed by atoms with Gasteiger partial charge in [-0.1, -0.05) is 45.7 Å². The lowest BCUT2D eigenvalue weighted by Crippen LogP contribution is -2.16. The second-order valence-electron chi connectivity index (χ2n) is 7.26. The summed E-state index contributed by atoms with van der Waals surface area (Å²) >= 11 is 15.3. The molecule has 4 aromatic rings. The van der Waals surface area contributed by atoms with Crippen LogP contribution in [0, 0.1) is 3.57 Å². The second-order valence-corrected chi connectivity index (χ2v) is 10.6. The van der Waals surface area contributed by atoms with Gasteiger partial charge in [-0.15, -0.1) is 0 Å². The fourth-order valence-corrected chi connectivity index (χ4v) is 5.55. The lowest BCUT2D eigenvalue weighted by atomic mass is 10.2. The van der Waals surface area contributed by atoms with Crippen LogP contribution >= 0.6 is 66.1 Å². The van der Waals surface area contributed by atoms with Gasteiger partial charge in [0.2, 0.25) is 0 Å². The first kappa shape index (κ1) is 26.0. The normalized spacial score (nSPS) is 11.2. The van der Waals surface area contributed by atoms with Crippen molar-refractivity contribution in [3.63, 3.8) is 0 Å². The molecule has 1 N–H and O–H groups in total. The third-order valence-corrected chi connectivity index (χ3v) is 7.02. The average molecular weight is 733 g/mol. The first-order valence-corrected chi connectivity index (χ1v) is 13.4. The number of rotatable bonds is 8. The number of hydrogen-bond donors (Lipinski definition) is 1. The van der Waals surface area contributed by atoms with Crippen LogP contribution in [-0.4, -0.2) is 18.7 Å². The van der Waals surface area contributed by atoms with Crippen LogP contribution in [0.25, 0.3) is 11.0 Å². The molecule has 0 atom stereocenters. The number of benzene rings is 3. The molecule has 180 valence electrons. The number of amides is 1. The number of hydrazone groups is 1. The summed E-state index contributed by atoms with van der Waals surface area (Å²) in [5.74, 6) is 0.892. The first-order valence-electron chi connectivity index (χ1n) is 10.4. The SMILES string of the molecule is CCOc1cc(/C=N\NC(=O)c2cc3cc(Br)cc(Br)c3o2)cc(I)c1OCc1ccccc1Cl. The van der Waals surface area contributed by atoms with Crippen LogP contribution in [0.3, 0.4) is 0 Å². The van der Waals surface area contributed by atoms with Crippen molar-refractivity contribution < 1.29 is 18.7 Å². The molecule has 0 radical (unpaired) electrons. The lowest BCUT2D eigenvalue weighted by molar-refractivity contribution is 0.0929. The van der Waals surface area contributed by atoms with Gasteiger partial charge >= 0.3 is 5.91 Å². The maximum atomic E-state index is 12.5. The highest BCUT2D eigenvalue weighted by molar-refractivity contribution is 14.1. The van der Waals surface area contributed by atoms with Gasteiger partial charge in [-0.3, -0.25) is 4.79 Å². The number of halogens is 4. The Morgan fingerprint density at radius 2 is 1.97 bits per heavy atom. The number of carbonyl (C=O) groups excluding carboxylic acids is 1. The van der Waals surface area contributed by atoms with E-state index in [0.717, 1.165) is 29.0 Å². The van der Waals surface area contributed by atoms with Crippen LogP contribution in [0.1, 0.15) is 28.6 Å². The first-order chi connectivity index (χ1) is 16.9. The van der Waals surface area contributed by atoms with Crippen LogP contribution in [0.2, 0.25) is 5.02 Å². The van der Waals surface area contributed by atoms with Crippen molar-refractivity contribution in [2.75, 3.05) is 6.61 Å². The molecule has 6 nitrogen and oxygen atoms in total. The molecular weight excluding hydrogens is 714 g/mol. The zero-order valence-electron chi connectivity index (χ0n) is 18.3. The molecule has 0 saturated carbocycles. The molecule has 1 heterocycles. The number of hydrogen-bond acceptors (Lipinski definition) is 5. The van der Waals surface area contributed by atoms with Crippen LogP contribution in [-0.2, 0) is 6.61 Å². The Balaban J connectivity index is 1.48. The molecule has 1 aromatic heterocycles. The summed E-state index contributed by atoms with van der Waals surface area (Å²) in [6.45, 7) is 2.67. The van der Waals surface area contributed by atoms with E-state index in [1.165, 1.54) is 6.21 Å². The van der Waals surface area contributed by atoms with E-state index in [1.54, 1.807) is 12.1 Å². The monoisotopic (exact) mass is 730 g/mol. The fourth-order valence-electron chi connectivity index (χ4n) is 3.24. The molecular formula is C25H18Br2ClIN2O4. The van der Waals surface area contributed by atoms with E-state index in [4.69, 9.17) is 25.5 Å². The molecule has 0 bridgehead atoms. The summed E-state index contributed by atoms with van der Waals surface area (Å²) < 4.78 is 20.0. The minimum Gasteiger partial charge on any atom is -0.490 e.